The molecular weight excluding hydrogens is 458 g/mol. The van der Waals surface area contributed by atoms with Crippen molar-refractivity contribution in [2.24, 2.45) is 0 Å². The largest absolute Gasteiger partial charge is 0.423 e. The van der Waals surface area contributed by atoms with E-state index in [-0.39, 0.29) is 28.9 Å². The molecule has 7 heteroatoms. The molecule has 1 aliphatic heterocycles. The zero-order chi connectivity index (χ0) is 25.7. The molecule has 0 aliphatic carbocycles. The number of nitrogens with zero attached hydrogens (tertiary/aromatic N) is 1. The maximum Gasteiger partial charge on any atom is 0.341 e. The Balaban J connectivity index is 1.38. The number of amides is 2. The van der Waals surface area contributed by atoms with Crippen LogP contribution in [0.4, 0.5) is 5.69 Å². The van der Waals surface area contributed by atoms with Gasteiger partial charge in [-0.25, -0.2) is 9.69 Å². The normalized spacial score (nSPS) is 12.9. The summed E-state index contributed by atoms with van der Waals surface area (Å²) in [7, 11) is 0. The van der Waals surface area contributed by atoms with Gasteiger partial charge in [0.1, 0.15) is 5.75 Å². The fourth-order valence-corrected chi connectivity index (χ4v) is 3.44. The van der Waals surface area contributed by atoms with E-state index in [9.17, 15) is 19.2 Å². The highest BCUT2D eigenvalue weighted by Crippen LogP contribution is 2.25. The van der Waals surface area contributed by atoms with Gasteiger partial charge >= 0.3 is 5.97 Å². The first-order chi connectivity index (χ1) is 17.4. The third kappa shape index (κ3) is 5.43. The molecular formula is C29H21NO6. The van der Waals surface area contributed by atoms with Crippen molar-refractivity contribution < 1.29 is 29.0 Å². The molecule has 0 fully saturated rings. The van der Waals surface area contributed by atoms with Gasteiger partial charge in [0.15, 0.2) is 5.78 Å². The van der Waals surface area contributed by atoms with E-state index in [0.29, 0.717) is 11.3 Å². The maximum atomic E-state index is 12.5. The van der Waals surface area contributed by atoms with E-state index in [1.54, 1.807) is 30.3 Å². The first-order valence-corrected chi connectivity index (χ1v) is 11.0. The highest BCUT2D eigenvalue weighted by Gasteiger charge is 2.24. The van der Waals surface area contributed by atoms with Crippen LogP contribution in [-0.4, -0.2) is 35.3 Å². The number of aliphatic hydroxyl groups is 1. The van der Waals surface area contributed by atoms with Crippen LogP contribution in [0.3, 0.4) is 0 Å². The van der Waals surface area contributed by atoms with E-state index in [1.807, 2.05) is 36.4 Å². The summed E-state index contributed by atoms with van der Waals surface area (Å²) in [5.41, 5.74) is 3.56. The van der Waals surface area contributed by atoms with Gasteiger partial charge in [0.2, 0.25) is 0 Å². The van der Waals surface area contributed by atoms with Crippen LogP contribution in [0.2, 0.25) is 0 Å². The summed E-state index contributed by atoms with van der Waals surface area (Å²) in [6.07, 6.45) is 5.65. The van der Waals surface area contributed by atoms with Gasteiger partial charge in [-0.15, -0.1) is 0 Å². The summed E-state index contributed by atoms with van der Waals surface area (Å²) in [6, 6.07) is 20.8. The number of rotatable bonds is 8. The molecule has 0 radical (unpaired) electrons. The van der Waals surface area contributed by atoms with E-state index >= 15 is 0 Å². The lowest BCUT2D eigenvalue weighted by Crippen LogP contribution is -2.29. The topological polar surface area (TPSA) is 101 Å². The second kappa shape index (κ2) is 10.6. The Bertz CT molecular complexity index is 1380. The standard InChI is InChI=1S/C29H21NO6/c1-19(18-31)29(35)36-25-13-9-23(10-14-25)26(32)15-4-20-2-5-21(6-3-20)22-7-11-24(12-8-22)30-27(33)16-17-28(30)34/h2-17,31H,1,18H2/b15-4+. The molecule has 1 aliphatic rings. The monoisotopic (exact) mass is 479 g/mol. The summed E-state index contributed by atoms with van der Waals surface area (Å²) in [5.74, 6) is -1.42. The fourth-order valence-electron chi connectivity index (χ4n) is 3.44. The molecule has 0 bridgehead atoms. The molecule has 1 N–H and O–H groups in total. The lowest BCUT2D eigenvalue weighted by molar-refractivity contribution is -0.130. The van der Waals surface area contributed by atoms with Gasteiger partial charge in [-0.2, -0.15) is 0 Å². The molecule has 36 heavy (non-hydrogen) atoms. The number of anilines is 1. The van der Waals surface area contributed by atoms with Gasteiger partial charge in [-0.3, -0.25) is 14.4 Å². The fraction of sp³-hybridized carbons (Fsp3) is 0.0345. The van der Waals surface area contributed by atoms with Gasteiger partial charge in [-0.1, -0.05) is 49.1 Å². The number of esters is 1. The van der Waals surface area contributed by atoms with Crippen LogP contribution >= 0.6 is 0 Å². The number of carbonyl (C=O) groups is 4. The van der Waals surface area contributed by atoms with Gasteiger partial charge in [0, 0.05) is 17.7 Å². The number of carbonyl (C=O) groups excluding carboxylic acids is 4. The quantitative estimate of drug-likeness (QED) is 0.171. The summed E-state index contributed by atoms with van der Waals surface area (Å²) in [4.78, 5) is 48.9. The van der Waals surface area contributed by atoms with E-state index in [4.69, 9.17) is 9.84 Å². The molecule has 7 nitrogen and oxygen atoms in total. The second-order valence-electron chi connectivity index (χ2n) is 7.89. The SMILES string of the molecule is C=C(CO)C(=O)Oc1ccc(C(=O)/C=C/c2ccc(-c3ccc(N4C(=O)C=CC4=O)cc3)cc2)cc1. The molecule has 178 valence electrons. The highest BCUT2D eigenvalue weighted by molar-refractivity contribution is 6.28. The molecule has 3 aromatic carbocycles. The van der Waals surface area contributed by atoms with Gasteiger partial charge in [0.25, 0.3) is 11.8 Å². The minimum Gasteiger partial charge on any atom is -0.423 e. The molecule has 0 aromatic heterocycles. The molecule has 0 atom stereocenters. The molecule has 3 aromatic rings. The van der Waals surface area contributed by atoms with Crippen molar-refractivity contribution in [2.75, 3.05) is 11.5 Å². The molecule has 1 heterocycles. The average molecular weight is 479 g/mol. The lowest BCUT2D eigenvalue weighted by Gasteiger charge is -2.14. The summed E-state index contributed by atoms with van der Waals surface area (Å²) in [6.45, 7) is 2.91. The Morgan fingerprint density at radius 1 is 0.833 bits per heavy atom. The van der Waals surface area contributed by atoms with Crippen LogP contribution in [0.15, 0.2) is 103 Å². The van der Waals surface area contributed by atoms with E-state index < -0.39 is 12.6 Å². The predicted octanol–water partition coefficient (Wildman–Crippen LogP) is 4.13. The Kier molecular flexibility index (Phi) is 7.13. The van der Waals surface area contributed by atoms with Crippen molar-refractivity contribution in [3.05, 3.63) is 114 Å². The summed E-state index contributed by atoms with van der Waals surface area (Å²) in [5, 5.41) is 8.91. The third-order valence-corrected chi connectivity index (χ3v) is 5.43. The number of hydrogen-bond acceptors (Lipinski definition) is 6. The minimum atomic E-state index is -0.732. The summed E-state index contributed by atoms with van der Waals surface area (Å²) < 4.78 is 5.06. The van der Waals surface area contributed by atoms with E-state index in [1.165, 1.54) is 30.4 Å². The number of benzene rings is 3. The molecule has 0 saturated heterocycles. The Hall–Kier alpha value is -4.88. The third-order valence-electron chi connectivity index (χ3n) is 5.43. The molecule has 4 rings (SSSR count). The summed E-state index contributed by atoms with van der Waals surface area (Å²) >= 11 is 0. The highest BCUT2D eigenvalue weighted by atomic mass is 16.5. The Morgan fingerprint density at radius 3 is 1.94 bits per heavy atom. The first-order valence-electron chi connectivity index (χ1n) is 11.0. The van der Waals surface area contributed by atoms with Crippen LogP contribution in [0.25, 0.3) is 17.2 Å². The molecule has 0 saturated carbocycles. The number of ether oxygens (including phenoxy) is 1. The maximum absolute atomic E-state index is 12.5. The second-order valence-corrected chi connectivity index (χ2v) is 7.89. The van der Waals surface area contributed by atoms with Crippen molar-refractivity contribution in [1.82, 2.24) is 0 Å². The Labute approximate surface area is 207 Å². The van der Waals surface area contributed by atoms with Crippen molar-refractivity contribution >= 4 is 35.3 Å². The van der Waals surface area contributed by atoms with Crippen molar-refractivity contribution in [3.63, 3.8) is 0 Å². The van der Waals surface area contributed by atoms with Crippen molar-refractivity contribution in [3.8, 4) is 16.9 Å². The van der Waals surface area contributed by atoms with E-state index in [2.05, 4.69) is 6.58 Å². The number of imide groups is 1. The van der Waals surface area contributed by atoms with Gasteiger partial charge in [0.05, 0.1) is 17.9 Å². The van der Waals surface area contributed by atoms with Crippen molar-refractivity contribution in [2.45, 2.75) is 0 Å². The molecule has 0 unspecified atom stereocenters. The van der Waals surface area contributed by atoms with Crippen LogP contribution in [0.5, 0.6) is 5.75 Å². The predicted molar refractivity (Wildman–Crippen MR) is 135 cm³/mol. The minimum absolute atomic E-state index is 0.0614. The zero-order valence-corrected chi connectivity index (χ0v) is 19.1. The molecule has 2 amide bonds. The van der Waals surface area contributed by atoms with Crippen LogP contribution in [0.1, 0.15) is 15.9 Å². The number of hydrogen-bond donors (Lipinski definition) is 1. The number of allylic oxidation sites excluding steroid dienone is 1. The zero-order valence-electron chi connectivity index (χ0n) is 19.1. The van der Waals surface area contributed by atoms with Gasteiger partial charge < -0.3 is 9.84 Å². The van der Waals surface area contributed by atoms with Crippen molar-refractivity contribution in [1.29, 1.82) is 0 Å². The van der Waals surface area contributed by atoms with Gasteiger partial charge in [-0.05, 0) is 59.2 Å². The first kappa shape index (κ1) is 24.3. The molecule has 0 spiro atoms. The number of ketones is 1. The Morgan fingerprint density at radius 2 is 1.39 bits per heavy atom. The number of aliphatic hydroxyl groups excluding tert-OH is 1. The smallest absolute Gasteiger partial charge is 0.341 e. The average Bonchev–Trinajstić information content (AvgIpc) is 3.25. The lowest BCUT2D eigenvalue weighted by atomic mass is 10.0. The van der Waals surface area contributed by atoms with Crippen LogP contribution < -0.4 is 9.64 Å². The van der Waals surface area contributed by atoms with E-state index in [0.717, 1.165) is 21.6 Å². The van der Waals surface area contributed by atoms with Crippen LogP contribution in [0, 0.1) is 0 Å². The van der Waals surface area contributed by atoms with Crippen LogP contribution in [-0.2, 0) is 14.4 Å².